The van der Waals surface area contributed by atoms with Crippen LogP contribution in [0.5, 0.6) is 0 Å². The molecule has 1 saturated carbocycles. The van der Waals surface area contributed by atoms with E-state index in [1.165, 1.54) is 0 Å². The quantitative estimate of drug-likeness (QED) is 0.312. The van der Waals surface area contributed by atoms with E-state index in [0.717, 1.165) is 19.3 Å². The summed E-state index contributed by atoms with van der Waals surface area (Å²) in [5.74, 6) is -0.0590. The van der Waals surface area contributed by atoms with Crippen LogP contribution in [-0.2, 0) is 4.79 Å². The molecule has 1 aliphatic carbocycles. The molecule has 0 radical (unpaired) electrons. The highest BCUT2D eigenvalue weighted by Crippen LogP contribution is 2.37. The van der Waals surface area contributed by atoms with Crippen LogP contribution in [0.3, 0.4) is 0 Å². The van der Waals surface area contributed by atoms with Gasteiger partial charge >= 0.3 is 0 Å². The van der Waals surface area contributed by atoms with Gasteiger partial charge in [0.25, 0.3) is 0 Å². The predicted molar refractivity (Wildman–Crippen MR) is 79.5 cm³/mol. The van der Waals surface area contributed by atoms with Crippen molar-refractivity contribution in [1.82, 2.24) is 5.32 Å². The molecule has 1 fully saturated rings. The molecule has 1 aliphatic rings. The van der Waals surface area contributed by atoms with Crippen molar-refractivity contribution in [3.8, 4) is 0 Å². The SMILES string of the molecule is CSC(C)(C)CNC(=O)C1(C(N)=NO)CCCCC1. The Morgan fingerprint density at radius 1 is 1.42 bits per heavy atom. The molecule has 0 aliphatic heterocycles. The van der Waals surface area contributed by atoms with Crippen molar-refractivity contribution >= 4 is 23.5 Å². The summed E-state index contributed by atoms with van der Waals surface area (Å²) >= 11 is 1.70. The number of carbonyl (C=O) groups excluding carboxylic acids is 1. The van der Waals surface area contributed by atoms with Gasteiger partial charge in [-0.1, -0.05) is 24.4 Å². The molecule has 0 spiro atoms. The van der Waals surface area contributed by atoms with Gasteiger partial charge in [-0.15, -0.1) is 0 Å². The lowest BCUT2D eigenvalue weighted by molar-refractivity contribution is -0.129. The number of carbonyl (C=O) groups is 1. The lowest BCUT2D eigenvalue weighted by Crippen LogP contribution is -2.52. The third-order valence-electron chi connectivity index (χ3n) is 3.97. The molecular formula is C13H25N3O2S. The Kier molecular flexibility index (Phi) is 5.52. The molecule has 0 aromatic heterocycles. The fourth-order valence-corrected chi connectivity index (χ4v) is 2.60. The third-order valence-corrected chi connectivity index (χ3v) is 5.22. The number of rotatable bonds is 5. The standard InChI is InChI=1S/C13H25N3O2S/c1-12(2,19-3)9-15-11(17)13(10(14)16-18)7-5-4-6-8-13/h18H,4-9H2,1-3H3,(H2,14,16)(H,15,17). The van der Waals surface area contributed by atoms with E-state index in [2.05, 4.69) is 24.3 Å². The number of hydrogen-bond acceptors (Lipinski definition) is 4. The van der Waals surface area contributed by atoms with Crippen LogP contribution in [0.2, 0.25) is 0 Å². The minimum atomic E-state index is -0.818. The Bertz CT molecular complexity index is 350. The smallest absolute Gasteiger partial charge is 0.234 e. The summed E-state index contributed by atoms with van der Waals surface area (Å²) in [6.07, 6.45) is 6.32. The molecule has 0 aromatic rings. The summed E-state index contributed by atoms with van der Waals surface area (Å²) in [4.78, 5) is 12.5. The van der Waals surface area contributed by atoms with Gasteiger partial charge in [0.1, 0.15) is 5.41 Å². The van der Waals surface area contributed by atoms with E-state index in [-0.39, 0.29) is 16.5 Å². The first kappa shape index (κ1) is 16.1. The van der Waals surface area contributed by atoms with Crippen molar-refractivity contribution in [3.63, 3.8) is 0 Å². The number of amides is 1. The van der Waals surface area contributed by atoms with E-state index in [1.54, 1.807) is 11.8 Å². The van der Waals surface area contributed by atoms with Crippen LogP contribution in [0, 0.1) is 5.41 Å². The van der Waals surface area contributed by atoms with Crippen LogP contribution in [-0.4, -0.2) is 34.5 Å². The average Bonchev–Trinajstić information content (AvgIpc) is 2.44. The number of oxime groups is 1. The van der Waals surface area contributed by atoms with E-state index in [1.807, 2.05) is 6.26 Å². The fourth-order valence-electron chi connectivity index (χ4n) is 2.39. The molecule has 0 aromatic carbocycles. The fraction of sp³-hybridized carbons (Fsp3) is 0.846. The first-order valence-corrected chi connectivity index (χ1v) is 7.92. The summed E-state index contributed by atoms with van der Waals surface area (Å²) in [5, 5.41) is 15.0. The molecular weight excluding hydrogens is 262 g/mol. The number of amidine groups is 1. The Hall–Kier alpha value is -0.910. The van der Waals surface area contributed by atoms with Crippen LogP contribution in [0.4, 0.5) is 0 Å². The van der Waals surface area contributed by atoms with Crippen molar-refractivity contribution in [2.75, 3.05) is 12.8 Å². The zero-order valence-electron chi connectivity index (χ0n) is 12.0. The number of nitrogens with zero attached hydrogens (tertiary/aromatic N) is 1. The zero-order valence-corrected chi connectivity index (χ0v) is 12.8. The molecule has 0 saturated heterocycles. The molecule has 4 N–H and O–H groups in total. The first-order chi connectivity index (χ1) is 8.88. The van der Waals surface area contributed by atoms with Crippen molar-refractivity contribution in [2.24, 2.45) is 16.3 Å². The number of hydrogen-bond donors (Lipinski definition) is 3. The minimum absolute atomic E-state index is 0.0172. The maximum atomic E-state index is 12.5. The van der Waals surface area contributed by atoms with E-state index in [4.69, 9.17) is 10.9 Å². The maximum absolute atomic E-state index is 12.5. The molecule has 0 bridgehead atoms. The largest absolute Gasteiger partial charge is 0.409 e. The minimum Gasteiger partial charge on any atom is -0.409 e. The lowest BCUT2D eigenvalue weighted by Gasteiger charge is -2.35. The normalized spacial score (nSPS) is 20.1. The van der Waals surface area contributed by atoms with Gasteiger partial charge in [0.2, 0.25) is 5.91 Å². The van der Waals surface area contributed by atoms with Crippen LogP contribution in [0.1, 0.15) is 46.0 Å². The van der Waals surface area contributed by atoms with Gasteiger partial charge in [-0.2, -0.15) is 11.8 Å². The van der Waals surface area contributed by atoms with Crippen LogP contribution in [0.15, 0.2) is 5.16 Å². The van der Waals surface area contributed by atoms with E-state index in [9.17, 15) is 4.79 Å². The van der Waals surface area contributed by atoms with Crippen LogP contribution >= 0.6 is 11.8 Å². The van der Waals surface area contributed by atoms with Crippen molar-refractivity contribution in [1.29, 1.82) is 0 Å². The predicted octanol–water partition coefficient (Wildman–Crippen LogP) is 1.94. The van der Waals surface area contributed by atoms with Crippen LogP contribution in [0.25, 0.3) is 0 Å². The van der Waals surface area contributed by atoms with Gasteiger partial charge in [-0.3, -0.25) is 4.79 Å². The molecule has 0 heterocycles. The molecule has 5 nitrogen and oxygen atoms in total. The van der Waals surface area contributed by atoms with Crippen molar-refractivity contribution in [2.45, 2.75) is 50.7 Å². The second-order valence-corrected chi connectivity index (χ2v) is 7.29. The maximum Gasteiger partial charge on any atom is 0.234 e. The van der Waals surface area contributed by atoms with E-state index < -0.39 is 5.41 Å². The highest BCUT2D eigenvalue weighted by Gasteiger charge is 2.44. The Labute approximate surface area is 119 Å². The summed E-state index contributed by atoms with van der Waals surface area (Å²) in [5.41, 5.74) is 4.97. The summed E-state index contributed by atoms with van der Waals surface area (Å²) in [7, 11) is 0. The van der Waals surface area contributed by atoms with Gasteiger partial charge in [0, 0.05) is 11.3 Å². The number of nitrogens with two attached hydrogens (primary N) is 1. The molecule has 1 rings (SSSR count). The van der Waals surface area contributed by atoms with Gasteiger partial charge in [0.15, 0.2) is 5.84 Å². The highest BCUT2D eigenvalue weighted by molar-refractivity contribution is 7.99. The zero-order chi connectivity index (χ0) is 14.5. The Morgan fingerprint density at radius 2 is 2.00 bits per heavy atom. The highest BCUT2D eigenvalue weighted by atomic mass is 32.2. The van der Waals surface area contributed by atoms with E-state index in [0.29, 0.717) is 19.4 Å². The topological polar surface area (TPSA) is 87.7 Å². The molecule has 110 valence electrons. The Balaban J connectivity index is 2.79. The monoisotopic (exact) mass is 287 g/mol. The summed E-state index contributed by atoms with van der Waals surface area (Å²) < 4.78 is -0.0172. The van der Waals surface area contributed by atoms with Gasteiger partial charge in [0.05, 0.1) is 0 Å². The number of nitrogens with one attached hydrogen (secondary N) is 1. The second-order valence-electron chi connectivity index (χ2n) is 5.77. The van der Waals surface area contributed by atoms with E-state index >= 15 is 0 Å². The molecule has 6 heteroatoms. The molecule has 19 heavy (non-hydrogen) atoms. The van der Waals surface area contributed by atoms with Gasteiger partial charge in [-0.25, -0.2) is 0 Å². The van der Waals surface area contributed by atoms with Crippen molar-refractivity contribution < 1.29 is 10.0 Å². The molecule has 0 unspecified atom stereocenters. The Morgan fingerprint density at radius 3 is 2.47 bits per heavy atom. The number of thioether (sulfide) groups is 1. The molecule has 0 atom stereocenters. The summed E-state index contributed by atoms with van der Waals surface area (Å²) in [6, 6.07) is 0. The van der Waals surface area contributed by atoms with Gasteiger partial charge < -0.3 is 16.3 Å². The summed E-state index contributed by atoms with van der Waals surface area (Å²) in [6.45, 7) is 4.73. The lowest BCUT2D eigenvalue weighted by atomic mass is 9.72. The van der Waals surface area contributed by atoms with Crippen molar-refractivity contribution in [3.05, 3.63) is 0 Å². The van der Waals surface area contributed by atoms with Crippen LogP contribution < -0.4 is 11.1 Å². The average molecular weight is 287 g/mol. The molecule has 1 amide bonds. The third kappa shape index (κ3) is 3.78. The second kappa shape index (κ2) is 6.50. The first-order valence-electron chi connectivity index (χ1n) is 6.69. The van der Waals surface area contributed by atoms with Gasteiger partial charge in [-0.05, 0) is 32.9 Å².